The van der Waals surface area contributed by atoms with Crippen LogP contribution in [0.1, 0.15) is 16.1 Å². The first kappa shape index (κ1) is 24.6. The van der Waals surface area contributed by atoms with Crippen molar-refractivity contribution in [3.63, 3.8) is 0 Å². The molecule has 1 atom stereocenters. The average molecular weight is 549 g/mol. The Morgan fingerprint density at radius 1 is 1.03 bits per heavy atom. The Morgan fingerprint density at radius 2 is 1.86 bits per heavy atom. The van der Waals surface area contributed by atoms with Gasteiger partial charge in [0, 0.05) is 39.3 Å². The van der Waals surface area contributed by atoms with E-state index in [4.69, 9.17) is 16.3 Å². The Balaban J connectivity index is 1.36. The number of thiophene rings is 1. The van der Waals surface area contributed by atoms with Crippen LogP contribution in [0.5, 0.6) is 0 Å². The maximum atomic E-state index is 14.3. The molecular weight excluding hydrogens is 530 g/mol. The molecule has 2 N–H and O–H groups in total. The van der Waals surface area contributed by atoms with Crippen LogP contribution < -0.4 is 10.0 Å². The number of halogens is 3. The molecule has 186 valence electrons. The molecule has 3 aromatic carbocycles. The van der Waals surface area contributed by atoms with Crippen LogP contribution >= 0.6 is 22.9 Å². The van der Waals surface area contributed by atoms with Gasteiger partial charge in [0.15, 0.2) is 0 Å². The SMILES string of the molecule is O=C(Nc1cc(Cl)cc(-c2ccc(F)cc2F)c1)c1cc2cc(NS(=O)(=O)C3CCOC3)ccc2s1. The fraction of sp³-hybridized carbons (Fsp3) is 0.160. The fourth-order valence-electron chi connectivity index (χ4n) is 3.96. The second-order valence-corrected chi connectivity index (χ2v) is 11.8. The molecule has 0 radical (unpaired) electrons. The summed E-state index contributed by atoms with van der Waals surface area (Å²) in [6.07, 6.45) is 0.444. The number of fused-ring (bicyclic) bond motifs is 1. The van der Waals surface area contributed by atoms with Gasteiger partial charge in [-0.25, -0.2) is 17.2 Å². The van der Waals surface area contributed by atoms with E-state index in [0.29, 0.717) is 40.2 Å². The summed E-state index contributed by atoms with van der Waals surface area (Å²) in [6.45, 7) is 0.583. The van der Waals surface area contributed by atoms with Gasteiger partial charge in [0.05, 0.1) is 11.5 Å². The van der Waals surface area contributed by atoms with Crippen molar-refractivity contribution < 1.29 is 26.7 Å². The van der Waals surface area contributed by atoms with E-state index in [1.165, 1.54) is 29.5 Å². The van der Waals surface area contributed by atoms with Crippen molar-refractivity contribution >= 4 is 60.3 Å². The van der Waals surface area contributed by atoms with Gasteiger partial charge < -0.3 is 10.1 Å². The van der Waals surface area contributed by atoms with Crippen LogP contribution in [0.15, 0.2) is 60.7 Å². The molecular formula is C25H19ClF2N2O4S2. The van der Waals surface area contributed by atoms with Crippen molar-refractivity contribution in [1.82, 2.24) is 0 Å². The highest BCUT2D eigenvalue weighted by atomic mass is 35.5. The summed E-state index contributed by atoms with van der Waals surface area (Å²) in [5.74, 6) is -1.85. The van der Waals surface area contributed by atoms with Crippen LogP contribution in [0.3, 0.4) is 0 Å². The Labute approximate surface area is 214 Å². The van der Waals surface area contributed by atoms with Gasteiger partial charge in [0.2, 0.25) is 10.0 Å². The number of nitrogens with one attached hydrogen (secondary N) is 2. The summed E-state index contributed by atoms with van der Waals surface area (Å²) in [4.78, 5) is 13.3. The summed E-state index contributed by atoms with van der Waals surface area (Å²) < 4.78 is 61.2. The smallest absolute Gasteiger partial charge is 0.265 e. The van der Waals surface area contributed by atoms with Gasteiger partial charge in [-0.05, 0) is 72.0 Å². The minimum atomic E-state index is -3.58. The third kappa shape index (κ3) is 5.22. The Morgan fingerprint density at radius 3 is 2.61 bits per heavy atom. The topological polar surface area (TPSA) is 84.5 Å². The van der Waals surface area contributed by atoms with Gasteiger partial charge in [0.25, 0.3) is 5.91 Å². The molecule has 1 amide bonds. The molecule has 1 aliphatic heterocycles. The van der Waals surface area contributed by atoms with Crippen molar-refractivity contribution in [3.8, 4) is 11.1 Å². The molecule has 36 heavy (non-hydrogen) atoms. The number of carbonyl (C=O) groups is 1. The number of amides is 1. The second-order valence-electron chi connectivity index (χ2n) is 8.30. The van der Waals surface area contributed by atoms with Gasteiger partial charge in [-0.3, -0.25) is 9.52 Å². The Kier molecular flexibility index (Phi) is 6.69. The lowest BCUT2D eigenvalue weighted by molar-refractivity contribution is 0.103. The fourth-order valence-corrected chi connectivity index (χ4v) is 6.44. The molecule has 0 spiro atoms. The molecule has 4 aromatic rings. The molecule has 0 aliphatic carbocycles. The predicted octanol–water partition coefficient (Wildman–Crippen LogP) is 6.28. The summed E-state index contributed by atoms with van der Waals surface area (Å²) in [7, 11) is -3.58. The van der Waals surface area contributed by atoms with Crippen LogP contribution in [-0.2, 0) is 14.8 Å². The molecule has 11 heteroatoms. The van der Waals surface area contributed by atoms with E-state index >= 15 is 0 Å². The van der Waals surface area contributed by atoms with Gasteiger partial charge in [-0.1, -0.05) is 11.6 Å². The molecule has 1 unspecified atom stereocenters. The summed E-state index contributed by atoms with van der Waals surface area (Å²) >= 11 is 7.43. The van der Waals surface area contributed by atoms with E-state index in [1.807, 2.05) is 0 Å². The average Bonchev–Trinajstić information content (AvgIpc) is 3.49. The number of ether oxygens (including phenoxy) is 1. The number of carbonyl (C=O) groups excluding carboxylic acids is 1. The second kappa shape index (κ2) is 9.78. The zero-order valence-corrected chi connectivity index (χ0v) is 20.9. The Hall–Kier alpha value is -3.05. The first-order valence-electron chi connectivity index (χ1n) is 10.9. The van der Waals surface area contributed by atoms with Crippen LogP contribution in [0, 0.1) is 11.6 Å². The van der Waals surface area contributed by atoms with Gasteiger partial charge >= 0.3 is 0 Å². The largest absolute Gasteiger partial charge is 0.380 e. The van der Waals surface area contributed by atoms with Gasteiger partial charge in [-0.15, -0.1) is 11.3 Å². The molecule has 0 saturated carbocycles. The molecule has 1 fully saturated rings. The van der Waals surface area contributed by atoms with E-state index in [0.717, 1.165) is 16.8 Å². The van der Waals surface area contributed by atoms with E-state index < -0.39 is 32.8 Å². The molecule has 1 aromatic heterocycles. The monoisotopic (exact) mass is 548 g/mol. The van der Waals surface area contributed by atoms with Crippen molar-refractivity contribution in [2.75, 3.05) is 23.3 Å². The molecule has 0 bridgehead atoms. The van der Waals surface area contributed by atoms with Gasteiger partial charge in [-0.2, -0.15) is 0 Å². The van der Waals surface area contributed by atoms with Crippen LogP contribution in [0.25, 0.3) is 21.2 Å². The quantitative estimate of drug-likeness (QED) is 0.297. The van der Waals surface area contributed by atoms with E-state index in [-0.39, 0.29) is 17.2 Å². The first-order chi connectivity index (χ1) is 17.2. The van der Waals surface area contributed by atoms with E-state index in [2.05, 4.69) is 10.0 Å². The van der Waals surface area contributed by atoms with Crippen LogP contribution in [0.2, 0.25) is 5.02 Å². The zero-order valence-electron chi connectivity index (χ0n) is 18.6. The highest BCUT2D eigenvalue weighted by Gasteiger charge is 2.29. The minimum absolute atomic E-state index is 0.149. The third-order valence-electron chi connectivity index (χ3n) is 5.72. The number of hydrogen-bond acceptors (Lipinski definition) is 5. The van der Waals surface area contributed by atoms with Crippen molar-refractivity contribution in [3.05, 3.63) is 82.2 Å². The molecule has 6 nitrogen and oxygen atoms in total. The number of rotatable bonds is 6. The van der Waals surface area contributed by atoms with Crippen molar-refractivity contribution in [2.45, 2.75) is 11.7 Å². The molecule has 5 rings (SSSR count). The third-order valence-corrected chi connectivity index (χ3v) is 8.83. The lowest BCUT2D eigenvalue weighted by Crippen LogP contribution is -2.27. The Bertz CT molecular complexity index is 1580. The normalized spacial score (nSPS) is 15.8. The first-order valence-corrected chi connectivity index (χ1v) is 13.6. The number of anilines is 2. The minimum Gasteiger partial charge on any atom is -0.380 e. The summed E-state index contributed by atoms with van der Waals surface area (Å²) in [5.41, 5.74) is 1.28. The maximum absolute atomic E-state index is 14.3. The molecule has 2 heterocycles. The predicted molar refractivity (Wildman–Crippen MR) is 138 cm³/mol. The molecule has 1 aliphatic rings. The van der Waals surface area contributed by atoms with Crippen molar-refractivity contribution in [2.24, 2.45) is 0 Å². The standard InChI is InChI=1S/C25H19ClF2N2O4S2/c26-16-7-14(21-3-1-17(27)12-22(21)28)8-19(11-16)29-25(31)24-10-15-9-18(2-4-23(15)35-24)30-36(32,33)20-5-6-34-13-20/h1-4,7-12,20,30H,5-6,13H2,(H,29,31). The zero-order chi connectivity index (χ0) is 25.4. The summed E-state index contributed by atoms with van der Waals surface area (Å²) in [6, 6.07) is 14.5. The number of sulfonamides is 1. The van der Waals surface area contributed by atoms with E-state index in [9.17, 15) is 22.0 Å². The van der Waals surface area contributed by atoms with Gasteiger partial charge in [0.1, 0.15) is 16.9 Å². The van der Waals surface area contributed by atoms with E-state index in [1.54, 1.807) is 30.3 Å². The van der Waals surface area contributed by atoms with Crippen LogP contribution in [-0.4, -0.2) is 32.8 Å². The molecule has 1 saturated heterocycles. The summed E-state index contributed by atoms with van der Waals surface area (Å²) in [5, 5.41) is 3.13. The number of benzene rings is 3. The lowest BCUT2D eigenvalue weighted by atomic mass is 10.0. The van der Waals surface area contributed by atoms with Crippen LogP contribution in [0.4, 0.5) is 20.2 Å². The highest BCUT2D eigenvalue weighted by molar-refractivity contribution is 7.93. The van der Waals surface area contributed by atoms with Crippen molar-refractivity contribution in [1.29, 1.82) is 0 Å². The highest BCUT2D eigenvalue weighted by Crippen LogP contribution is 2.32. The number of hydrogen-bond donors (Lipinski definition) is 2. The maximum Gasteiger partial charge on any atom is 0.265 e. The lowest BCUT2D eigenvalue weighted by Gasteiger charge is -2.12.